The molecule has 1 fully saturated rings. The van der Waals surface area contributed by atoms with Gasteiger partial charge in [0, 0.05) is 46.1 Å². The van der Waals surface area contributed by atoms with Gasteiger partial charge in [0.2, 0.25) is 0 Å². The molecule has 0 saturated carbocycles. The van der Waals surface area contributed by atoms with Crippen LogP contribution in [0, 0.1) is 0 Å². The fourth-order valence-corrected chi connectivity index (χ4v) is 2.35. The number of aliphatic imine (C=N–C) groups is 1. The zero-order valence-electron chi connectivity index (χ0n) is 13.3. The standard InChI is InChI=1S/C15H24N4O2/c1-12(19-7-5-6-8-19)15(16-11-18(2)3)14-9-13(10-20-4)17-21-14/h9,11H,5-8,10H2,1-4H3/b15-12-,16-11?. The molecule has 1 aliphatic heterocycles. The molecule has 0 unspecified atom stereocenters. The minimum Gasteiger partial charge on any atom is -0.378 e. The lowest BCUT2D eigenvalue weighted by molar-refractivity contribution is 0.177. The van der Waals surface area contributed by atoms with Crippen LogP contribution < -0.4 is 0 Å². The van der Waals surface area contributed by atoms with Gasteiger partial charge in [-0.2, -0.15) is 0 Å². The molecular weight excluding hydrogens is 268 g/mol. The number of ether oxygens (including phenoxy) is 1. The van der Waals surface area contributed by atoms with Crippen LogP contribution in [0.15, 0.2) is 21.3 Å². The largest absolute Gasteiger partial charge is 0.378 e. The van der Waals surface area contributed by atoms with Crippen LogP contribution >= 0.6 is 0 Å². The lowest BCUT2D eigenvalue weighted by Gasteiger charge is -2.19. The Labute approximate surface area is 126 Å². The minimum absolute atomic E-state index is 0.441. The van der Waals surface area contributed by atoms with E-state index in [-0.39, 0.29) is 0 Å². The van der Waals surface area contributed by atoms with Gasteiger partial charge in [-0.05, 0) is 19.8 Å². The monoisotopic (exact) mass is 292 g/mol. The van der Waals surface area contributed by atoms with Gasteiger partial charge in [-0.25, -0.2) is 4.99 Å². The van der Waals surface area contributed by atoms with Gasteiger partial charge in [0.25, 0.3) is 0 Å². The van der Waals surface area contributed by atoms with Crippen LogP contribution in [0.5, 0.6) is 0 Å². The summed E-state index contributed by atoms with van der Waals surface area (Å²) in [5, 5.41) is 4.02. The molecule has 1 aromatic heterocycles. The van der Waals surface area contributed by atoms with Crippen molar-refractivity contribution in [1.82, 2.24) is 15.0 Å². The maximum atomic E-state index is 5.45. The summed E-state index contributed by atoms with van der Waals surface area (Å²) < 4.78 is 10.5. The average molecular weight is 292 g/mol. The van der Waals surface area contributed by atoms with E-state index in [0.29, 0.717) is 12.4 Å². The van der Waals surface area contributed by atoms with E-state index in [1.54, 1.807) is 13.4 Å². The number of allylic oxidation sites excluding steroid dienone is 1. The van der Waals surface area contributed by atoms with Gasteiger partial charge in [-0.15, -0.1) is 0 Å². The molecule has 116 valence electrons. The Balaban J connectivity index is 2.32. The summed E-state index contributed by atoms with van der Waals surface area (Å²) in [7, 11) is 5.54. The summed E-state index contributed by atoms with van der Waals surface area (Å²) in [6.07, 6.45) is 4.24. The van der Waals surface area contributed by atoms with Gasteiger partial charge in [0.05, 0.1) is 12.9 Å². The zero-order valence-corrected chi connectivity index (χ0v) is 13.3. The number of likely N-dealkylation sites (tertiary alicyclic amines) is 1. The first kappa shape index (κ1) is 15.6. The Bertz CT molecular complexity index is 513. The molecule has 0 atom stereocenters. The molecule has 1 saturated heterocycles. The molecule has 6 nitrogen and oxygen atoms in total. The molecule has 0 amide bonds. The topological polar surface area (TPSA) is 54.1 Å². The summed E-state index contributed by atoms with van der Waals surface area (Å²) in [6, 6.07) is 1.89. The first-order valence-electron chi connectivity index (χ1n) is 7.23. The van der Waals surface area contributed by atoms with Crippen LogP contribution in [0.2, 0.25) is 0 Å². The minimum atomic E-state index is 0.441. The highest BCUT2D eigenvalue weighted by atomic mass is 16.5. The first-order valence-corrected chi connectivity index (χ1v) is 7.23. The van der Waals surface area contributed by atoms with Crippen LogP contribution in [0.3, 0.4) is 0 Å². The zero-order chi connectivity index (χ0) is 15.2. The fourth-order valence-electron chi connectivity index (χ4n) is 2.35. The lowest BCUT2D eigenvalue weighted by Crippen LogP contribution is -2.18. The van der Waals surface area contributed by atoms with Crippen molar-refractivity contribution in [2.45, 2.75) is 26.4 Å². The van der Waals surface area contributed by atoms with E-state index in [1.807, 2.05) is 25.1 Å². The highest BCUT2D eigenvalue weighted by Gasteiger charge is 2.19. The fraction of sp³-hybridized carbons (Fsp3) is 0.600. The Hall–Kier alpha value is -1.82. The highest BCUT2D eigenvalue weighted by molar-refractivity contribution is 5.72. The summed E-state index contributed by atoms with van der Waals surface area (Å²) in [4.78, 5) is 8.83. The SMILES string of the molecule is COCc1cc(/C(N=CN(C)C)=C(\C)N2CCCC2)on1. The quantitative estimate of drug-likeness (QED) is 0.594. The van der Waals surface area contributed by atoms with Crippen molar-refractivity contribution in [1.29, 1.82) is 0 Å². The van der Waals surface area contributed by atoms with Gasteiger partial charge < -0.3 is 19.1 Å². The summed E-state index contributed by atoms with van der Waals surface area (Å²) >= 11 is 0. The van der Waals surface area contributed by atoms with E-state index in [0.717, 1.165) is 30.2 Å². The Morgan fingerprint density at radius 2 is 2.19 bits per heavy atom. The highest BCUT2D eigenvalue weighted by Crippen LogP contribution is 2.26. The van der Waals surface area contributed by atoms with Crippen LogP contribution in [-0.2, 0) is 11.3 Å². The van der Waals surface area contributed by atoms with Gasteiger partial charge in [-0.3, -0.25) is 0 Å². The van der Waals surface area contributed by atoms with Gasteiger partial charge in [0.1, 0.15) is 11.4 Å². The second-order valence-electron chi connectivity index (χ2n) is 5.45. The normalized spacial score (nSPS) is 16.7. The molecule has 0 aliphatic carbocycles. The van der Waals surface area contributed by atoms with Gasteiger partial charge in [-0.1, -0.05) is 5.16 Å². The van der Waals surface area contributed by atoms with Crippen LogP contribution in [0.1, 0.15) is 31.2 Å². The Kier molecular flexibility index (Phi) is 5.38. The van der Waals surface area contributed by atoms with Crippen molar-refractivity contribution in [3.63, 3.8) is 0 Å². The number of methoxy groups -OCH3 is 1. The summed E-state index contributed by atoms with van der Waals surface area (Å²) in [5.41, 5.74) is 2.74. The lowest BCUT2D eigenvalue weighted by atomic mass is 10.2. The number of hydrogen-bond donors (Lipinski definition) is 0. The molecule has 0 radical (unpaired) electrons. The number of rotatable bonds is 6. The maximum absolute atomic E-state index is 5.45. The second kappa shape index (κ2) is 7.26. The van der Waals surface area contributed by atoms with E-state index in [9.17, 15) is 0 Å². The van der Waals surface area contributed by atoms with Crippen molar-refractivity contribution < 1.29 is 9.26 Å². The van der Waals surface area contributed by atoms with E-state index in [2.05, 4.69) is 22.0 Å². The van der Waals surface area contributed by atoms with Gasteiger partial charge >= 0.3 is 0 Å². The molecule has 0 aromatic carbocycles. The Morgan fingerprint density at radius 3 is 2.81 bits per heavy atom. The molecular formula is C15H24N4O2. The van der Waals surface area contributed by atoms with Crippen molar-refractivity contribution in [2.75, 3.05) is 34.3 Å². The smallest absolute Gasteiger partial charge is 0.187 e. The third-order valence-electron chi connectivity index (χ3n) is 3.43. The van der Waals surface area contributed by atoms with E-state index in [4.69, 9.17) is 9.26 Å². The molecule has 6 heteroatoms. The second-order valence-corrected chi connectivity index (χ2v) is 5.45. The molecule has 1 aromatic rings. The third kappa shape index (κ3) is 4.07. The predicted molar refractivity (Wildman–Crippen MR) is 82.8 cm³/mol. The Morgan fingerprint density at radius 1 is 1.48 bits per heavy atom. The molecule has 0 bridgehead atoms. The number of hydrogen-bond acceptors (Lipinski definition) is 5. The van der Waals surface area contributed by atoms with Crippen molar-refractivity contribution in [2.24, 2.45) is 4.99 Å². The first-order chi connectivity index (χ1) is 10.1. The van der Waals surface area contributed by atoms with Crippen molar-refractivity contribution in [3.8, 4) is 0 Å². The summed E-state index contributed by atoms with van der Waals surface area (Å²) in [6.45, 7) is 4.68. The van der Waals surface area contributed by atoms with Crippen LogP contribution in [0.25, 0.3) is 5.70 Å². The van der Waals surface area contributed by atoms with Crippen molar-refractivity contribution in [3.05, 3.63) is 23.2 Å². The third-order valence-corrected chi connectivity index (χ3v) is 3.43. The predicted octanol–water partition coefficient (Wildman–Crippen LogP) is 2.20. The molecule has 2 heterocycles. The summed E-state index contributed by atoms with van der Waals surface area (Å²) in [5.74, 6) is 0.685. The maximum Gasteiger partial charge on any atom is 0.187 e. The van der Waals surface area contributed by atoms with Gasteiger partial charge in [0.15, 0.2) is 5.76 Å². The van der Waals surface area contributed by atoms with E-state index in [1.165, 1.54) is 12.8 Å². The number of aromatic nitrogens is 1. The van der Waals surface area contributed by atoms with Crippen LogP contribution in [-0.4, -0.2) is 55.6 Å². The molecule has 0 spiro atoms. The molecule has 2 rings (SSSR count). The average Bonchev–Trinajstić information content (AvgIpc) is 3.10. The number of nitrogens with zero attached hydrogens (tertiary/aromatic N) is 4. The van der Waals surface area contributed by atoms with Crippen molar-refractivity contribution >= 4 is 12.0 Å². The van der Waals surface area contributed by atoms with Crippen LogP contribution in [0.4, 0.5) is 0 Å². The molecule has 21 heavy (non-hydrogen) atoms. The molecule has 0 N–H and O–H groups in total. The van der Waals surface area contributed by atoms with E-state index < -0.39 is 0 Å². The van der Waals surface area contributed by atoms with E-state index >= 15 is 0 Å². The molecule has 1 aliphatic rings.